The second-order valence-electron chi connectivity index (χ2n) is 5.12. The molecule has 1 aromatic heterocycles. The largest absolute Gasteiger partial charge is 0.391 e. The van der Waals surface area contributed by atoms with Crippen molar-refractivity contribution in [1.29, 1.82) is 0 Å². The Morgan fingerprint density at radius 2 is 1.95 bits per heavy atom. The Labute approximate surface area is 124 Å². The number of hydrogen-bond acceptors (Lipinski definition) is 4. The van der Waals surface area contributed by atoms with Gasteiger partial charge in [-0.2, -0.15) is 0 Å². The van der Waals surface area contributed by atoms with E-state index in [0.29, 0.717) is 5.92 Å². The van der Waals surface area contributed by atoms with Crippen molar-refractivity contribution in [2.24, 2.45) is 0 Å². The van der Waals surface area contributed by atoms with E-state index >= 15 is 0 Å². The molecular weight excluding hydrogens is 268 g/mol. The molecule has 0 amide bonds. The predicted molar refractivity (Wildman–Crippen MR) is 85.3 cm³/mol. The number of benzene rings is 1. The van der Waals surface area contributed by atoms with Crippen LogP contribution in [-0.2, 0) is 13.2 Å². The lowest BCUT2D eigenvalue weighted by Crippen LogP contribution is -2.21. The SMILES string of the molecule is CCN(Cc1ccccc1)c1nc(C(C)C)c(CO)s1. The van der Waals surface area contributed by atoms with Crippen molar-refractivity contribution in [3.63, 3.8) is 0 Å². The molecule has 2 aromatic rings. The van der Waals surface area contributed by atoms with Gasteiger partial charge in [0.1, 0.15) is 0 Å². The molecule has 0 radical (unpaired) electrons. The highest BCUT2D eigenvalue weighted by atomic mass is 32.1. The summed E-state index contributed by atoms with van der Waals surface area (Å²) < 4.78 is 0. The maximum absolute atomic E-state index is 9.48. The Bertz CT molecular complexity index is 537. The molecule has 0 aliphatic heterocycles. The number of rotatable bonds is 6. The smallest absolute Gasteiger partial charge is 0.186 e. The molecule has 1 N–H and O–H groups in total. The van der Waals surface area contributed by atoms with Crippen LogP contribution in [0.5, 0.6) is 0 Å². The van der Waals surface area contributed by atoms with Crippen LogP contribution in [-0.4, -0.2) is 16.6 Å². The lowest BCUT2D eigenvalue weighted by molar-refractivity contribution is 0.283. The number of hydrogen-bond donors (Lipinski definition) is 1. The monoisotopic (exact) mass is 290 g/mol. The third-order valence-corrected chi connectivity index (χ3v) is 4.39. The van der Waals surface area contributed by atoms with E-state index in [-0.39, 0.29) is 6.61 Å². The lowest BCUT2D eigenvalue weighted by atomic mass is 10.1. The van der Waals surface area contributed by atoms with Crippen molar-refractivity contribution in [3.05, 3.63) is 46.5 Å². The minimum atomic E-state index is 0.0775. The fraction of sp³-hybridized carbons (Fsp3) is 0.438. The first-order chi connectivity index (χ1) is 9.65. The highest BCUT2D eigenvalue weighted by Gasteiger charge is 2.17. The van der Waals surface area contributed by atoms with Gasteiger partial charge in [0.05, 0.1) is 17.2 Å². The minimum Gasteiger partial charge on any atom is -0.391 e. The fourth-order valence-corrected chi connectivity index (χ4v) is 3.31. The molecular formula is C16H22N2OS. The van der Waals surface area contributed by atoms with Gasteiger partial charge in [-0.25, -0.2) is 4.98 Å². The Kier molecular flexibility index (Phi) is 5.15. The molecule has 108 valence electrons. The van der Waals surface area contributed by atoms with Crippen molar-refractivity contribution in [3.8, 4) is 0 Å². The van der Waals surface area contributed by atoms with Crippen molar-refractivity contribution in [2.45, 2.75) is 39.8 Å². The van der Waals surface area contributed by atoms with Crippen LogP contribution < -0.4 is 4.90 Å². The molecule has 2 rings (SSSR count). The van der Waals surface area contributed by atoms with Gasteiger partial charge in [0.15, 0.2) is 5.13 Å². The van der Waals surface area contributed by atoms with Crippen LogP contribution >= 0.6 is 11.3 Å². The summed E-state index contributed by atoms with van der Waals surface area (Å²) in [6, 6.07) is 10.4. The van der Waals surface area contributed by atoms with E-state index in [4.69, 9.17) is 4.98 Å². The molecule has 0 bridgehead atoms. The zero-order valence-corrected chi connectivity index (χ0v) is 13.2. The standard InChI is InChI=1S/C16H22N2OS/c1-4-18(10-13-8-6-5-7-9-13)16-17-15(12(2)3)14(11-19)20-16/h5-9,12,19H,4,10-11H2,1-3H3. The first-order valence-electron chi connectivity index (χ1n) is 7.05. The van der Waals surface area contributed by atoms with Crippen molar-refractivity contribution in [2.75, 3.05) is 11.4 Å². The molecule has 0 atom stereocenters. The van der Waals surface area contributed by atoms with E-state index in [1.54, 1.807) is 11.3 Å². The highest BCUT2D eigenvalue weighted by Crippen LogP contribution is 2.31. The summed E-state index contributed by atoms with van der Waals surface area (Å²) >= 11 is 1.60. The van der Waals surface area contributed by atoms with E-state index in [1.807, 2.05) is 6.07 Å². The van der Waals surface area contributed by atoms with Gasteiger partial charge >= 0.3 is 0 Å². The molecule has 1 aromatic carbocycles. The van der Waals surface area contributed by atoms with Crippen LogP contribution in [0.2, 0.25) is 0 Å². The third-order valence-electron chi connectivity index (χ3n) is 3.28. The van der Waals surface area contributed by atoms with Gasteiger partial charge in [-0.15, -0.1) is 0 Å². The van der Waals surface area contributed by atoms with Crippen LogP contribution in [0.1, 0.15) is 42.8 Å². The average Bonchev–Trinajstić information content (AvgIpc) is 2.90. The Morgan fingerprint density at radius 3 is 2.45 bits per heavy atom. The Balaban J connectivity index is 2.23. The molecule has 0 unspecified atom stereocenters. The van der Waals surface area contributed by atoms with Crippen LogP contribution in [0.15, 0.2) is 30.3 Å². The molecule has 1 heterocycles. The normalized spacial score (nSPS) is 11.1. The zero-order valence-electron chi connectivity index (χ0n) is 12.3. The summed E-state index contributed by atoms with van der Waals surface area (Å²) in [4.78, 5) is 7.97. The molecule has 4 heteroatoms. The van der Waals surface area contributed by atoms with Crippen LogP contribution in [0.25, 0.3) is 0 Å². The highest BCUT2D eigenvalue weighted by molar-refractivity contribution is 7.15. The maximum Gasteiger partial charge on any atom is 0.186 e. The summed E-state index contributed by atoms with van der Waals surface area (Å²) in [6.45, 7) is 8.21. The van der Waals surface area contributed by atoms with E-state index < -0.39 is 0 Å². The van der Waals surface area contributed by atoms with E-state index in [0.717, 1.165) is 28.8 Å². The first-order valence-corrected chi connectivity index (χ1v) is 7.86. The number of aliphatic hydroxyl groups excluding tert-OH is 1. The summed E-state index contributed by atoms with van der Waals surface area (Å²) in [5.41, 5.74) is 2.31. The molecule has 0 aliphatic rings. The summed E-state index contributed by atoms with van der Waals surface area (Å²) in [7, 11) is 0. The van der Waals surface area contributed by atoms with E-state index in [1.165, 1.54) is 5.56 Å². The quantitative estimate of drug-likeness (QED) is 0.879. The van der Waals surface area contributed by atoms with Crippen molar-refractivity contribution >= 4 is 16.5 Å². The zero-order chi connectivity index (χ0) is 14.5. The molecule has 0 fully saturated rings. The van der Waals surface area contributed by atoms with Gasteiger partial charge in [0.2, 0.25) is 0 Å². The van der Waals surface area contributed by atoms with E-state index in [2.05, 4.69) is 49.9 Å². The van der Waals surface area contributed by atoms with Crippen molar-refractivity contribution < 1.29 is 5.11 Å². The number of nitrogens with zero attached hydrogens (tertiary/aromatic N) is 2. The van der Waals surface area contributed by atoms with Gasteiger partial charge in [0.25, 0.3) is 0 Å². The fourth-order valence-electron chi connectivity index (χ4n) is 2.17. The van der Waals surface area contributed by atoms with Gasteiger partial charge in [-0.3, -0.25) is 0 Å². The first kappa shape index (κ1) is 15.0. The maximum atomic E-state index is 9.48. The summed E-state index contributed by atoms with van der Waals surface area (Å²) in [5, 5.41) is 10.5. The molecule has 20 heavy (non-hydrogen) atoms. The number of anilines is 1. The average molecular weight is 290 g/mol. The molecule has 3 nitrogen and oxygen atoms in total. The van der Waals surface area contributed by atoms with E-state index in [9.17, 15) is 5.11 Å². The van der Waals surface area contributed by atoms with Crippen LogP contribution in [0.4, 0.5) is 5.13 Å². The Hall–Kier alpha value is -1.39. The number of thiazole rings is 1. The van der Waals surface area contributed by atoms with Gasteiger partial charge in [0, 0.05) is 13.1 Å². The molecule has 0 aliphatic carbocycles. The Morgan fingerprint density at radius 1 is 1.25 bits per heavy atom. The second kappa shape index (κ2) is 6.86. The second-order valence-corrected chi connectivity index (χ2v) is 6.18. The minimum absolute atomic E-state index is 0.0775. The molecule has 0 saturated heterocycles. The predicted octanol–water partition coefficient (Wildman–Crippen LogP) is 3.79. The molecule has 0 saturated carbocycles. The van der Waals surface area contributed by atoms with Gasteiger partial charge in [-0.1, -0.05) is 55.5 Å². The lowest BCUT2D eigenvalue weighted by Gasteiger charge is -2.19. The van der Waals surface area contributed by atoms with Crippen LogP contribution in [0.3, 0.4) is 0 Å². The topological polar surface area (TPSA) is 36.4 Å². The van der Waals surface area contributed by atoms with Gasteiger partial charge < -0.3 is 10.0 Å². The molecule has 0 spiro atoms. The van der Waals surface area contributed by atoms with Crippen LogP contribution in [0, 0.1) is 0 Å². The van der Waals surface area contributed by atoms with Gasteiger partial charge in [-0.05, 0) is 18.4 Å². The third kappa shape index (κ3) is 3.38. The summed E-state index contributed by atoms with van der Waals surface area (Å²) in [6.07, 6.45) is 0. The number of aromatic nitrogens is 1. The number of aliphatic hydroxyl groups is 1. The van der Waals surface area contributed by atoms with Crippen molar-refractivity contribution in [1.82, 2.24) is 4.98 Å². The summed E-state index contributed by atoms with van der Waals surface area (Å²) in [5.74, 6) is 0.345.